The minimum atomic E-state index is -2.10. The Labute approximate surface area is 125 Å². The third-order valence-corrected chi connectivity index (χ3v) is 2.70. The molecule has 11 nitrogen and oxygen atoms in total. The minimum Gasteiger partial charge on any atom is -0.480 e. The van der Waals surface area contributed by atoms with Gasteiger partial charge in [0.2, 0.25) is 6.23 Å². The summed E-state index contributed by atoms with van der Waals surface area (Å²) in [4.78, 5) is 44.6. The molecule has 0 radical (unpaired) electrons. The summed E-state index contributed by atoms with van der Waals surface area (Å²) >= 11 is 0. The summed E-state index contributed by atoms with van der Waals surface area (Å²) in [5, 5.41) is 44.3. The molecule has 0 amide bonds. The van der Waals surface area contributed by atoms with Gasteiger partial charge in [-0.1, -0.05) is 0 Å². The molecule has 11 heteroatoms. The summed E-state index contributed by atoms with van der Waals surface area (Å²) < 4.78 is 0. The van der Waals surface area contributed by atoms with Crippen LogP contribution in [0, 0.1) is 0 Å². The van der Waals surface area contributed by atoms with Crippen molar-refractivity contribution in [1.82, 2.24) is 9.80 Å². The Morgan fingerprint density at radius 1 is 0.818 bits per heavy atom. The highest BCUT2D eigenvalue weighted by molar-refractivity contribution is 5.74. The number of hydrogen-bond donors (Lipinski definition) is 5. The van der Waals surface area contributed by atoms with E-state index in [0.29, 0.717) is 4.90 Å². The predicted octanol–water partition coefficient (Wildman–Crippen LogP) is -2.36. The second-order valence-corrected chi connectivity index (χ2v) is 4.58. The van der Waals surface area contributed by atoms with E-state index in [0.717, 1.165) is 4.90 Å². The second-order valence-electron chi connectivity index (χ2n) is 4.58. The summed E-state index contributed by atoms with van der Waals surface area (Å²) in [5.41, 5.74) is 0. The van der Waals surface area contributed by atoms with Gasteiger partial charge in [0.15, 0.2) is 0 Å². The van der Waals surface area contributed by atoms with Gasteiger partial charge in [-0.25, -0.2) is 4.79 Å². The van der Waals surface area contributed by atoms with Gasteiger partial charge in [0.05, 0.1) is 19.6 Å². The molecule has 0 heterocycles. The first kappa shape index (κ1) is 19.8. The Bertz CT molecular complexity index is 423. The van der Waals surface area contributed by atoms with Gasteiger partial charge < -0.3 is 25.5 Å². The quantitative estimate of drug-likeness (QED) is 0.257. The number of aliphatic hydroxyl groups excluding tert-OH is 1. The van der Waals surface area contributed by atoms with Crippen LogP contribution < -0.4 is 0 Å². The van der Waals surface area contributed by atoms with Crippen LogP contribution in [0.4, 0.5) is 0 Å². The van der Waals surface area contributed by atoms with E-state index < -0.39 is 55.8 Å². The standard InChI is InChI=1S/C11H18N2O9/c1-6(12(3-7(14)15)4-8(16)17)2-13(5-9(18)19)10(20)11(21)22/h6,10,20H,2-5H2,1H3,(H,14,15)(H,16,17)(H,18,19)(H,21,22). The highest BCUT2D eigenvalue weighted by atomic mass is 16.4. The normalized spacial score (nSPS) is 13.8. The topological polar surface area (TPSA) is 176 Å². The van der Waals surface area contributed by atoms with E-state index in [-0.39, 0.29) is 6.54 Å². The third-order valence-electron chi connectivity index (χ3n) is 2.70. The molecular weight excluding hydrogens is 304 g/mol. The van der Waals surface area contributed by atoms with Crippen molar-refractivity contribution in [2.75, 3.05) is 26.2 Å². The van der Waals surface area contributed by atoms with E-state index >= 15 is 0 Å². The number of hydrogen-bond acceptors (Lipinski definition) is 7. The maximum absolute atomic E-state index is 10.7. The first-order valence-electron chi connectivity index (χ1n) is 6.09. The Morgan fingerprint density at radius 3 is 1.50 bits per heavy atom. The summed E-state index contributed by atoms with van der Waals surface area (Å²) in [6, 6.07) is -0.819. The summed E-state index contributed by atoms with van der Waals surface area (Å²) in [6.45, 7) is -1.00. The lowest BCUT2D eigenvalue weighted by Gasteiger charge is -2.31. The average molecular weight is 322 g/mol. The van der Waals surface area contributed by atoms with E-state index in [1.807, 2.05) is 0 Å². The van der Waals surface area contributed by atoms with E-state index in [9.17, 15) is 24.3 Å². The lowest BCUT2D eigenvalue weighted by Crippen LogP contribution is -2.52. The third kappa shape index (κ3) is 7.52. The zero-order valence-electron chi connectivity index (χ0n) is 11.7. The van der Waals surface area contributed by atoms with Crippen LogP contribution >= 0.6 is 0 Å². The van der Waals surface area contributed by atoms with Crippen LogP contribution in [0.5, 0.6) is 0 Å². The van der Waals surface area contributed by atoms with Crippen molar-refractivity contribution < 1.29 is 44.7 Å². The first-order valence-corrected chi connectivity index (χ1v) is 6.09. The van der Waals surface area contributed by atoms with Crippen LogP contribution in [0.3, 0.4) is 0 Å². The van der Waals surface area contributed by atoms with Crippen molar-refractivity contribution in [2.24, 2.45) is 0 Å². The van der Waals surface area contributed by atoms with Crippen molar-refractivity contribution in [3.8, 4) is 0 Å². The number of aliphatic carboxylic acids is 4. The first-order chi connectivity index (χ1) is 10.0. The minimum absolute atomic E-state index is 0.347. The zero-order chi connectivity index (χ0) is 17.4. The molecule has 0 bridgehead atoms. The molecule has 22 heavy (non-hydrogen) atoms. The van der Waals surface area contributed by atoms with E-state index in [2.05, 4.69) is 0 Å². The number of carboxylic acids is 4. The van der Waals surface area contributed by atoms with E-state index in [4.69, 9.17) is 20.4 Å². The fourth-order valence-electron chi connectivity index (χ4n) is 1.75. The highest BCUT2D eigenvalue weighted by Gasteiger charge is 2.29. The molecule has 0 rings (SSSR count). The molecule has 0 saturated carbocycles. The van der Waals surface area contributed by atoms with Gasteiger partial charge >= 0.3 is 23.9 Å². The fraction of sp³-hybridized carbons (Fsp3) is 0.636. The molecule has 2 atom stereocenters. The SMILES string of the molecule is CC(CN(CC(=O)O)C(O)C(=O)O)N(CC(=O)O)CC(=O)O. The van der Waals surface area contributed by atoms with Gasteiger partial charge in [-0.15, -0.1) is 0 Å². The van der Waals surface area contributed by atoms with Crippen LogP contribution in [-0.4, -0.2) is 97.7 Å². The van der Waals surface area contributed by atoms with Crippen LogP contribution in [0.2, 0.25) is 0 Å². The van der Waals surface area contributed by atoms with Gasteiger partial charge in [0.1, 0.15) is 0 Å². The summed E-state index contributed by atoms with van der Waals surface area (Å²) in [5.74, 6) is -5.65. The van der Waals surface area contributed by atoms with Gasteiger partial charge in [0, 0.05) is 12.6 Å². The van der Waals surface area contributed by atoms with Crippen LogP contribution in [0.15, 0.2) is 0 Å². The van der Waals surface area contributed by atoms with Crippen molar-refractivity contribution >= 4 is 23.9 Å². The van der Waals surface area contributed by atoms with Gasteiger partial charge in [-0.3, -0.25) is 24.2 Å². The molecule has 2 unspecified atom stereocenters. The predicted molar refractivity (Wildman–Crippen MR) is 69.2 cm³/mol. The number of rotatable bonds is 11. The van der Waals surface area contributed by atoms with E-state index in [1.165, 1.54) is 6.92 Å². The van der Waals surface area contributed by atoms with Crippen molar-refractivity contribution in [1.29, 1.82) is 0 Å². The molecule has 0 saturated heterocycles. The molecule has 0 aliphatic heterocycles. The molecule has 0 aromatic carbocycles. The van der Waals surface area contributed by atoms with Crippen molar-refractivity contribution in [3.05, 3.63) is 0 Å². The maximum Gasteiger partial charge on any atom is 0.348 e. The van der Waals surface area contributed by atoms with E-state index in [1.54, 1.807) is 0 Å². The molecular formula is C11H18N2O9. The fourth-order valence-corrected chi connectivity index (χ4v) is 1.75. The van der Waals surface area contributed by atoms with Gasteiger partial charge in [-0.2, -0.15) is 0 Å². The maximum atomic E-state index is 10.7. The van der Waals surface area contributed by atoms with Crippen molar-refractivity contribution in [2.45, 2.75) is 19.2 Å². The number of carboxylic acid groups (broad SMARTS) is 4. The molecule has 0 aliphatic carbocycles. The monoisotopic (exact) mass is 322 g/mol. The lowest BCUT2D eigenvalue weighted by molar-refractivity contribution is -0.162. The molecule has 0 fully saturated rings. The number of aliphatic hydroxyl groups is 1. The number of nitrogens with zero attached hydrogens (tertiary/aromatic N) is 2. The van der Waals surface area contributed by atoms with Crippen LogP contribution in [0.1, 0.15) is 6.92 Å². The summed E-state index contributed by atoms with van der Waals surface area (Å²) in [7, 11) is 0. The van der Waals surface area contributed by atoms with Gasteiger partial charge in [-0.05, 0) is 6.92 Å². The Morgan fingerprint density at radius 2 is 1.18 bits per heavy atom. The smallest absolute Gasteiger partial charge is 0.348 e. The Kier molecular flexibility index (Phi) is 8.01. The molecule has 0 aromatic heterocycles. The Balaban J connectivity index is 5.03. The van der Waals surface area contributed by atoms with Crippen LogP contribution in [-0.2, 0) is 19.2 Å². The highest BCUT2D eigenvalue weighted by Crippen LogP contribution is 2.06. The lowest BCUT2D eigenvalue weighted by atomic mass is 10.2. The molecule has 0 spiro atoms. The second kappa shape index (κ2) is 8.92. The zero-order valence-corrected chi connectivity index (χ0v) is 11.7. The molecule has 126 valence electrons. The molecule has 5 N–H and O–H groups in total. The Hall–Kier alpha value is -2.24. The summed E-state index contributed by atoms with van der Waals surface area (Å²) in [6.07, 6.45) is -2.10. The van der Waals surface area contributed by atoms with Gasteiger partial charge in [0.25, 0.3) is 0 Å². The average Bonchev–Trinajstić information content (AvgIpc) is 2.34. The number of carbonyl (C=O) groups is 4. The molecule has 0 aliphatic rings. The largest absolute Gasteiger partial charge is 0.480 e. The van der Waals surface area contributed by atoms with Crippen molar-refractivity contribution in [3.63, 3.8) is 0 Å². The van der Waals surface area contributed by atoms with Crippen LogP contribution in [0.25, 0.3) is 0 Å². The molecule has 0 aromatic rings.